The summed E-state index contributed by atoms with van der Waals surface area (Å²) in [5.74, 6) is -0.594. The van der Waals surface area contributed by atoms with E-state index in [4.69, 9.17) is 9.94 Å². The number of allylic oxidation sites excluding steroid dienone is 1. The molecule has 32 heavy (non-hydrogen) atoms. The lowest BCUT2D eigenvalue weighted by Crippen LogP contribution is -2.18. The van der Waals surface area contributed by atoms with Crippen LogP contribution < -0.4 is 10.8 Å². The Kier molecular flexibility index (Phi) is 8.24. The largest absolute Gasteiger partial charge is 0.508 e. The number of hydrogen-bond donors (Lipinski definition) is 4. The highest BCUT2D eigenvalue weighted by Gasteiger charge is 2.21. The van der Waals surface area contributed by atoms with E-state index in [9.17, 15) is 14.7 Å². The molecule has 0 heterocycles. The second kappa shape index (κ2) is 11.3. The van der Waals surface area contributed by atoms with Crippen LogP contribution in [0, 0.1) is 0 Å². The highest BCUT2D eigenvalue weighted by molar-refractivity contribution is 9.10. The molecule has 3 rings (SSSR count). The van der Waals surface area contributed by atoms with Crippen LogP contribution in [0.5, 0.6) is 5.75 Å². The van der Waals surface area contributed by atoms with Crippen molar-refractivity contribution in [3.63, 3.8) is 0 Å². The Morgan fingerprint density at radius 3 is 2.69 bits per heavy atom. The molecule has 0 fully saturated rings. The van der Waals surface area contributed by atoms with Gasteiger partial charge in [-0.2, -0.15) is 0 Å². The molecule has 4 N–H and O–H groups in total. The molecule has 0 spiro atoms. The number of halogens is 1. The number of unbranched alkanes of at least 4 members (excludes halogenated alkanes) is 1. The lowest BCUT2D eigenvalue weighted by atomic mass is 10.0. The zero-order chi connectivity index (χ0) is 22.9. The lowest BCUT2D eigenvalue weighted by Gasteiger charge is -2.20. The van der Waals surface area contributed by atoms with Crippen LogP contribution >= 0.6 is 15.9 Å². The zero-order valence-electron chi connectivity index (χ0n) is 17.1. The molecule has 8 heteroatoms. The smallest absolute Gasteiger partial charge is 0.412 e. The molecule has 0 aliphatic carbocycles. The maximum absolute atomic E-state index is 12.7. The molecule has 0 aliphatic heterocycles. The standard InChI is InChI=1S/C24H23BrN2O5/c25-17-13-14-21(28)19(15-17)22(11-2-1-3-12-23(29)27-31)32-24(30)26-20-10-6-8-16-7-4-5-9-18(16)20/h3-10,12-15,22,28,31H,1-2,11H2,(H,26,30)(H,27,29)/b12-3+/t22-/m0/s1. The number of ether oxygens (including phenoxy) is 1. The van der Waals surface area contributed by atoms with Gasteiger partial charge in [-0.05, 0) is 48.9 Å². The van der Waals surface area contributed by atoms with Gasteiger partial charge < -0.3 is 9.84 Å². The summed E-state index contributed by atoms with van der Waals surface area (Å²) < 4.78 is 6.44. The van der Waals surface area contributed by atoms with Gasteiger partial charge in [-0.15, -0.1) is 0 Å². The van der Waals surface area contributed by atoms with Crippen molar-refractivity contribution >= 4 is 44.4 Å². The van der Waals surface area contributed by atoms with E-state index in [1.165, 1.54) is 17.6 Å². The number of carbonyl (C=O) groups is 2. The number of anilines is 1. The molecule has 166 valence electrons. The van der Waals surface area contributed by atoms with Crippen molar-refractivity contribution in [2.24, 2.45) is 0 Å². The Balaban J connectivity index is 1.73. The van der Waals surface area contributed by atoms with E-state index in [1.54, 1.807) is 24.3 Å². The molecule has 0 radical (unpaired) electrons. The summed E-state index contributed by atoms with van der Waals surface area (Å²) in [6.45, 7) is 0. The van der Waals surface area contributed by atoms with Crippen molar-refractivity contribution in [1.29, 1.82) is 0 Å². The number of carbonyl (C=O) groups excluding carboxylic acids is 2. The minimum absolute atomic E-state index is 0.0198. The predicted molar refractivity (Wildman–Crippen MR) is 126 cm³/mol. The molecule has 0 bridgehead atoms. The number of phenols is 1. The Morgan fingerprint density at radius 2 is 1.88 bits per heavy atom. The number of phenolic OH excluding ortho intramolecular Hbond substituents is 1. The minimum Gasteiger partial charge on any atom is -0.508 e. The van der Waals surface area contributed by atoms with Crippen molar-refractivity contribution in [3.05, 3.63) is 82.9 Å². The Hall–Kier alpha value is -3.36. The molecule has 7 nitrogen and oxygen atoms in total. The van der Waals surface area contributed by atoms with E-state index >= 15 is 0 Å². The number of aromatic hydroxyl groups is 1. The van der Waals surface area contributed by atoms with Gasteiger partial charge in [0, 0.05) is 21.5 Å². The fourth-order valence-electron chi connectivity index (χ4n) is 3.31. The first kappa shape index (κ1) is 23.3. The van der Waals surface area contributed by atoms with E-state index < -0.39 is 18.1 Å². The van der Waals surface area contributed by atoms with Crippen molar-refractivity contribution < 1.29 is 24.6 Å². The molecule has 1 atom stereocenters. The quantitative estimate of drug-likeness (QED) is 0.135. The molecule has 2 amide bonds. The summed E-state index contributed by atoms with van der Waals surface area (Å²) in [5, 5.41) is 23.5. The number of hydrogen-bond acceptors (Lipinski definition) is 5. The van der Waals surface area contributed by atoms with E-state index in [2.05, 4.69) is 21.2 Å². The molecule has 0 aliphatic rings. The Bertz CT molecular complexity index is 1130. The molecule has 0 saturated heterocycles. The molecular formula is C24H23BrN2O5. The number of amides is 2. The van der Waals surface area contributed by atoms with E-state index in [-0.39, 0.29) is 5.75 Å². The first-order valence-electron chi connectivity index (χ1n) is 10.0. The third kappa shape index (κ3) is 6.32. The topological polar surface area (TPSA) is 108 Å². The van der Waals surface area contributed by atoms with E-state index in [1.807, 2.05) is 36.4 Å². The normalized spacial score (nSPS) is 11.9. The molecule has 0 aromatic heterocycles. The highest BCUT2D eigenvalue weighted by Crippen LogP contribution is 2.33. The van der Waals surface area contributed by atoms with Crippen LogP contribution in [0.25, 0.3) is 10.8 Å². The van der Waals surface area contributed by atoms with Crippen LogP contribution in [-0.4, -0.2) is 22.3 Å². The minimum atomic E-state index is -0.706. The number of nitrogens with one attached hydrogen (secondary N) is 2. The second-order valence-electron chi connectivity index (χ2n) is 7.06. The van der Waals surface area contributed by atoms with Gasteiger partial charge in [0.05, 0.1) is 5.69 Å². The van der Waals surface area contributed by atoms with Crippen molar-refractivity contribution in [2.45, 2.75) is 25.4 Å². The van der Waals surface area contributed by atoms with Crippen molar-refractivity contribution in [2.75, 3.05) is 5.32 Å². The predicted octanol–water partition coefficient (Wildman–Crippen LogP) is 5.83. The van der Waals surface area contributed by atoms with Crippen LogP contribution in [0.2, 0.25) is 0 Å². The van der Waals surface area contributed by atoms with Crippen LogP contribution in [0.15, 0.2) is 77.3 Å². The van der Waals surface area contributed by atoms with Crippen LogP contribution in [0.3, 0.4) is 0 Å². The summed E-state index contributed by atoms with van der Waals surface area (Å²) >= 11 is 3.38. The molecule has 0 saturated carbocycles. The average molecular weight is 499 g/mol. The van der Waals surface area contributed by atoms with Crippen molar-refractivity contribution in [1.82, 2.24) is 5.48 Å². The van der Waals surface area contributed by atoms with E-state index in [0.717, 1.165) is 15.2 Å². The highest BCUT2D eigenvalue weighted by atomic mass is 79.9. The van der Waals surface area contributed by atoms with Crippen LogP contribution in [-0.2, 0) is 9.53 Å². The Morgan fingerprint density at radius 1 is 1.09 bits per heavy atom. The summed E-state index contributed by atoms with van der Waals surface area (Å²) in [7, 11) is 0. The Labute approximate surface area is 193 Å². The molecular weight excluding hydrogens is 476 g/mol. The summed E-state index contributed by atoms with van der Waals surface area (Å²) in [4.78, 5) is 23.8. The molecule has 3 aromatic rings. The number of fused-ring (bicyclic) bond motifs is 1. The maximum Gasteiger partial charge on any atom is 0.412 e. The van der Waals surface area contributed by atoms with Gasteiger partial charge in [-0.1, -0.05) is 58.4 Å². The van der Waals surface area contributed by atoms with Gasteiger partial charge in [0.25, 0.3) is 5.91 Å². The SMILES string of the molecule is O=C(/C=C/CCC[C@H](OC(=O)Nc1cccc2ccccc12)c1cc(Br)ccc1O)NO. The van der Waals surface area contributed by atoms with Gasteiger partial charge in [-0.25, -0.2) is 10.3 Å². The van der Waals surface area contributed by atoms with Gasteiger partial charge in [0.15, 0.2) is 0 Å². The first-order chi connectivity index (χ1) is 15.5. The summed E-state index contributed by atoms with van der Waals surface area (Å²) in [5.41, 5.74) is 2.63. The fourth-order valence-corrected chi connectivity index (χ4v) is 3.69. The second-order valence-corrected chi connectivity index (χ2v) is 7.97. The molecule has 3 aromatic carbocycles. The van der Waals surface area contributed by atoms with E-state index in [0.29, 0.717) is 30.5 Å². The zero-order valence-corrected chi connectivity index (χ0v) is 18.7. The molecule has 0 unspecified atom stereocenters. The van der Waals surface area contributed by atoms with Crippen molar-refractivity contribution in [3.8, 4) is 5.75 Å². The number of benzene rings is 3. The van der Waals surface area contributed by atoms with Gasteiger partial charge in [0.2, 0.25) is 0 Å². The monoisotopic (exact) mass is 498 g/mol. The van der Waals surface area contributed by atoms with Gasteiger partial charge >= 0.3 is 6.09 Å². The van der Waals surface area contributed by atoms with Gasteiger partial charge in [0.1, 0.15) is 11.9 Å². The third-order valence-electron chi connectivity index (χ3n) is 4.83. The average Bonchev–Trinajstić information content (AvgIpc) is 2.79. The van der Waals surface area contributed by atoms with Gasteiger partial charge in [-0.3, -0.25) is 15.3 Å². The lowest BCUT2D eigenvalue weighted by molar-refractivity contribution is -0.124. The maximum atomic E-state index is 12.7. The van der Waals surface area contributed by atoms with Crippen LogP contribution in [0.1, 0.15) is 30.9 Å². The number of rotatable bonds is 8. The summed E-state index contributed by atoms with van der Waals surface area (Å²) in [6.07, 6.45) is 3.00. The van der Waals surface area contributed by atoms with Crippen LogP contribution in [0.4, 0.5) is 10.5 Å². The number of hydroxylamine groups is 1. The fraction of sp³-hybridized carbons (Fsp3) is 0.167. The summed E-state index contributed by atoms with van der Waals surface area (Å²) in [6, 6.07) is 18.2. The third-order valence-corrected chi connectivity index (χ3v) is 5.32. The first-order valence-corrected chi connectivity index (χ1v) is 10.8.